The Bertz CT molecular complexity index is 791. The van der Waals surface area contributed by atoms with E-state index in [0.717, 1.165) is 12.1 Å². The number of likely N-dealkylation sites (tertiary alicyclic amines) is 1. The van der Waals surface area contributed by atoms with Gasteiger partial charge in [-0.05, 0) is 31.0 Å². The Morgan fingerprint density at radius 1 is 1.42 bits per heavy atom. The third-order valence-electron chi connectivity index (χ3n) is 4.22. The minimum absolute atomic E-state index is 0.0856. The Morgan fingerprint density at radius 2 is 2.19 bits per heavy atom. The van der Waals surface area contributed by atoms with Crippen LogP contribution >= 0.6 is 0 Å². The largest absolute Gasteiger partial charge is 0.416 e. The SMILES string of the molecule is Cc1cc(NC(=O)CN2C[C@H](O)C[C@@H]2c2cccc(C(F)(F)F)c2)on1. The Morgan fingerprint density at radius 3 is 2.85 bits per heavy atom. The summed E-state index contributed by atoms with van der Waals surface area (Å²) >= 11 is 0. The molecule has 1 aliphatic heterocycles. The second kappa shape index (κ2) is 7.08. The second-order valence-corrected chi connectivity index (χ2v) is 6.34. The lowest BCUT2D eigenvalue weighted by molar-refractivity contribution is -0.137. The highest BCUT2D eigenvalue weighted by Gasteiger charge is 2.36. The predicted molar refractivity (Wildman–Crippen MR) is 86.3 cm³/mol. The number of alkyl halides is 3. The average Bonchev–Trinajstić information content (AvgIpc) is 3.12. The first-order valence-electron chi connectivity index (χ1n) is 8.05. The normalized spacial score (nSPS) is 21.1. The number of amides is 1. The maximum Gasteiger partial charge on any atom is 0.416 e. The van der Waals surface area contributed by atoms with Crippen LogP contribution in [0.4, 0.5) is 19.1 Å². The lowest BCUT2D eigenvalue weighted by atomic mass is 10.0. The molecule has 1 aromatic heterocycles. The van der Waals surface area contributed by atoms with Gasteiger partial charge in [0.25, 0.3) is 0 Å². The van der Waals surface area contributed by atoms with E-state index in [1.54, 1.807) is 24.0 Å². The molecule has 140 valence electrons. The van der Waals surface area contributed by atoms with Crippen LogP contribution in [0.5, 0.6) is 0 Å². The van der Waals surface area contributed by atoms with E-state index in [2.05, 4.69) is 10.5 Å². The highest BCUT2D eigenvalue weighted by Crippen LogP contribution is 2.36. The Balaban J connectivity index is 1.73. The minimum Gasteiger partial charge on any atom is -0.392 e. The number of aliphatic hydroxyl groups is 1. The van der Waals surface area contributed by atoms with Crippen LogP contribution in [-0.2, 0) is 11.0 Å². The van der Waals surface area contributed by atoms with Crippen LogP contribution in [0.2, 0.25) is 0 Å². The maximum atomic E-state index is 12.9. The van der Waals surface area contributed by atoms with Crippen molar-refractivity contribution in [1.82, 2.24) is 10.1 Å². The number of carbonyl (C=O) groups excluding carboxylic acids is 1. The smallest absolute Gasteiger partial charge is 0.392 e. The Kier molecular flexibility index (Phi) is 5.01. The molecule has 0 bridgehead atoms. The molecule has 0 saturated carbocycles. The van der Waals surface area contributed by atoms with Gasteiger partial charge in [0.1, 0.15) is 0 Å². The molecule has 2 atom stereocenters. The molecule has 0 radical (unpaired) electrons. The third kappa shape index (κ3) is 4.23. The molecule has 6 nitrogen and oxygen atoms in total. The number of β-amino-alcohol motifs (C(OH)–C–C–N with tert-alkyl or cyclic N) is 1. The topological polar surface area (TPSA) is 78.6 Å². The van der Waals surface area contributed by atoms with Crippen LogP contribution < -0.4 is 5.32 Å². The van der Waals surface area contributed by atoms with Crippen LogP contribution in [0.15, 0.2) is 34.9 Å². The van der Waals surface area contributed by atoms with Crippen molar-refractivity contribution in [1.29, 1.82) is 0 Å². The molecule has 2 heterocycles. The van der Waals surface area contributed by atoms with Crippen LogP contribution in [-0.4, -0.2) is 40.3 Å². The number of rotatable bonds is 4. The van der Waals surface area contributed by atoms with Gasteiger partial charge in [-0.3, -0.25) is 15.0 Å². The van der Waals surface area contributed by atoms with E-state index in [0.29, 0.717) is 11.3 Å². The van der Waals surface area contributed by atoms with Crippen molar-refractivity contribution in [3.63, 3.8) is 0 Å². The molecule has 0 spiro atoms. The van der Waals surface area contributed by atoms with Gasteiger partial charge < -0.3 is 9.63 Å². The lowest BCUT2D eigenvalue weighted by Crippen LogP contribution is -2.33. The number of benzene rings is 1. The van der Waals surface area contributed by atoms with E-state index in [-0.39, 0.29) is 25.4 Å². The molecule has 1 fully saturated rings. The van der Waals surface area contributed by atoms with Gasteiger partial charge in [0.05, 0.1) is 23.9 Å². The van der Waals surface area contributed by atoms with Crippen LogP contribution in [0, 0.1) is 6.92 Å². The number of hydrogen-bond donors (Lipinski definition) is 2. The Labute approximate surface area is 147 Å². The van der Waals surface area contributed by atoms with E-state index in [4.69, 9.17) is 4.52 Å². The minimum atomic E-state index is -4.44. The monoisotopic (exact) mass is 369 g/mol. The third-order valence-corrected chi connectivity index (χ3v) is 4.22. The van der Waals surface area contributed by atoms with Crippen molar-refractivity contribution >= 4 is 11.8 Å². The summed E-state index contributed by atoms with van der Waals surface area (Å²) in [6.45, 7) is 1.82. The molecule has 0 aliphatic carbocycles. The number of aryl methyl sites for hydroxylation is 1. The number of aromatic nitrogens is 1. The molecule has 3 rings (SSSR count). The summed E-state index contributed by atoms with van der Waals surface area (Å²) in [5.41, 5.74) is 0.274. The van der Waals surface area contributed by atoms with Crippen molar-refractivity contribution < 1.29 is 27.6 Å². The molecule has 9 heteroatoms. The molecule has 2 N–H and O–H groups in total. The number of halogens is 3. The average molecular weight is 369 g/mol. The fraction of sp³-hybridized carbons (Fsp3) is 0.412. The molecule has 1 amide bonds. The van der Waals surface area contributed by atoms with Crippen LogP contribution in [0.1, 0.15) is 29.3 Å². The van der Waals surface area contributed by atoms with E-state index < -0.39 is 29.8 Å². The van der Waals surface area contributed by atoms with Gasteiger partial charge in [-0.1, -0.05) is 17.3 Å². The highest BCUT2D eigenvalue weighted by molar-refractivity contribution is 5.91. The van der Waals surface area contributed by atoms with Crippen molar-refractivity contribution in [2.45, 2.75) is 31.7 Å². The van der Waals surface area contributed by atoms with Crippen LogP contribution in [0.25, 0.3) is 0 Å². The number of carbonyl (C=O) groups is 1. The zero-order valence-electron chi connectivity index (χ0n) is 14.0. The summed E-state index contributed by atoms with van der Waals surface area (Å²) in [7, 11) is 0. The molecule has 1 aliphatic rings. The first kappa shape index (κ1) is 18.4. The molecule has 1 saturated heterocycles. The van der Waals surface area contributed by atoms with Gasteiger partial charge in [0.2, 0.25) is 11.8 Å². The van der Waals surface area contributed by atoms with Gasteiger partial charge in [-0.25, -0.2) is 0 Å². The van der Waals surface area contributed by atoms with Gasteiger partial charge in [0, 0.05) is 18.7 Å². The van der Waals surface area contributed by atoms with Crippen LogP contribution in [0.3, 0.4) is 0 Å². The maximum absolute atomic E-state index is 12.9. The second-order valence-electron chi connectivity index (χ2n) is 6.34. The summed E-state index contributed by atoms with van der Waals surface area (Å²) in [5, 5.41) is 16.1. The first-order valence-corrected chi connectivity index (χ1v) is 8.05. The van der Waals surface area contributed by atoms with Gasteiger partial charge in [-0.2, -0.15) is 13.2 Å². The summed E-state index contributed by atoms with van der Waals surface area (Å²) in [6.07, 6.45) is -4.90. The van der Waals surface area contributed by atoms with Crippen molar-refractivity contribution in [3.8, 4) is 0 Å². The Hall–Kier alpha value is -2.39. The first-order chi connectivity index (χ1) is 12.2. The van der Waals surface area contributed by atoms with Gasteiger partial charge in [-0.15, -0.1) is 0 Å². The quantitative estimate of drug-likeness (QED) is 0.867. The summed E-state index contributed by atoms with van der Waals surface area (Å²) in [4.78, 5) is 13.8. The molecule has 26 heavy (non-hydrogen) atoms. The fourth-order valence-corrected chi connectivity index (χ4v) is 3.11. The van der Waals surface area contributed by atoms with Gasteiger partial charge >= 0.3 is 6.18 Å². The van der Waals surface area contributed by atoms with Gasteiger partial charge in [0.15, 0.2) is 0 Å². The van der Waals surface area contributed by atoms with E-state index in [1.807, 2.05) is 0 Å². The molecule has 0 unspecified atom stereocenters. The zero-order valence-corrected chi connectivity index (χ0v) is 14.0. The number of hydrogen-bond acceptors (Lipinski definition) is 5. The predicted octanol–water partition coefficient (Wildman–Crippen LogP) is 2.75. The number of nitrogens with zero attached hydrogens (tertiary/aromatic N) is 2. The van der Waals surface area contributed by atoms with Crippen molar-refractivity contribution in [2.75, 3.05) is 18.4 Å². The van der Waals surface area contributed by atoms with E-state index in [9.17, 15) is 23.1 Å². The summed E-state index contributed by atoms with van der Waals surface area (Å²) in [5.74, 6) is -0.199. The standard InChI is InChI=1S/C17H18F3N3O3/c1-10-5-16(26-22-10)21-15(25)9-23-8-13(24)7-14(23)11-3-2-4-12(6-11)17(18,19)20/h2-6,13-14,24H,7-9H2,1H3,(H,21,25)/t13-,14-/m1/s1. The number of nitrogens with one attached hydrogen (secondary N) is 1. The van der Waals surface area contributed by atoms with Crippen molar-refractivity contribution in [2.24, 2.45) is 0 Å². The summed E-state index contributed by atoms with van der Waals surface area (Å²) < 4.78 is 43.7. The van der Waals surface area contributed by atoms with Crippen molar-refractivity contribution in [3.05, 3.63) is 47.2 Å². The molecule has 1 aromatic carbocycles. The summed E-state index contributed by atoms with van der Waals surface area (Å²) in [6, 6.07) is 6.04. The molecular weight excluding hydrogens is 351 g/mol. The number of aliphatic hydroxyl groups excluding tert-OH is 1. The zero-order chi connectivity index (χ0) is 18.9. The highest BCUT2D eigenvalue weighted by atomic mass is 19.4. The molecule has 2 aromatic rings. The number of anilines is 1. The molecular formula is C17H18F3N3O3. The lowest BCUT2D eigenvalue weighted by Gasteiger charge is -2.24. The van der Waals surface area contributed by atoms with E-state index in [1.165, 1.54) is 6.07 Å². The van der Waals surface area contributed by atoms with E-state index >= 15 is 0 Å². The fourth-order valence-electron chi connectivity index (χ4n) is 3.11.